The zero-order valence-electron chi connectivity index (χ0n) is 10.1. The highest BCUT2D eigenvalue weighted by molar-refractivity contribution is 5.98. The molecule has 2 aromatic rings. The first-order chi connectivity index (χ1) is 8.84. The molecule has 5 heteroatoms. The summed E-state index contributed by atoms with van der Waals surface area (Å²) < 4.78 is 5.32. The lowest BCUT2D eigenvalue weighted by atomic mass is 10.1. The minimum absolute atomic E-state index is 0.754. The van der Waals surface area contributed by atoms with Crippen LogP contribution in [-0.4, -0.2) is 36.3 Å². The van der Waals surface area contributed by atoms with Crippen LogP contribution >= 0.6 is 0 Å². The molecule has 1 aromatic heterocycles. The van der Waals surface area contributed by atoms with Crippen LogP contribution in [0, 0.1) is 0 Å². The molecule has 2 heterocycles. The summed E-state index contributed by atoms with van der Waals surface area (Å²) in [6, 6.07) is 5.96. The van der Waals surface area contributed by atoms with Gasteiger partial charge in [0.2, 0.25) is 0 Å². The van der Waals surface area contributed by atoms with Crippen molar-refractivity contribution in [3.8, 4) is 0 Å². The zero-order chi connectivity index (χ0) is 12.4. The second-order valence-corrected chi connectivity index (χ2v) is 4.33. The Labute approximate surface area is 106 Å². The third-order valence-electron chi connectivity index (χ3n) is 3.15. The molecule has 0 aliphatic carbocycles. The minimum Gasteiger partial charge on any atom is -0.397 e. The number of aromatic nitrogens is 1. The number of ether oxygens (including phenoxy) is 1. The lowest BCUT2D eigenvalue weighted by Crippen LogP contribution is -2.40. The van der Waals surface area contributed by atoms with Gasteiger partial charge < -0.3 is 15.9 Å². The Morgan fingerprint density at radius 1 is 1.22 bits per heavy atom. The molecular formula is C13H16N4O. The lowest BCUT2D eigenvalue weighted by Gasteiger charge is -2.28. The summed E-state index contributed by atoms with van der Waals surface area (Å²) in [5, 5.41) is 4.22. The smallest absolute Gasteiger partial charge is 0.0726 e. The van der Waals surface area contributed by atoms with Crippen LogP contribution in [0.2, 0.25) is 0 Å². The predicted molar refractivity (Wildman–Crippen MR) is 72.2 cm³/mol. The fourth-order valence-corrected chi connectivity index (χ4v) is 2.14. The molecule has 1 aliphatic heterocycles. The number of nitrogens with zero attached hydrogens (tertiary/aromatic N) is 2. The van der Waals surface area contributed by atoms with Crippen molar-refractivity contribution < 1.29 is 4.74 Å². The number of hydrogen-bond donors (Lipinski definition) is 2. The Balaban J connectivity index is 1.89. The van der Waals surface area contributed by atoms with Gasteiger partial charge in [-0.2, -0.15) is 0 Å². The molecule has 1 aliphatic rings. The number of nitrogens with two attached hydrogens (primary N) is 1. The molecule has 0 radical (unpaired) electrons. The van der Waals surface area contributed by atoms with Gasteiger partial charge in [0.15, 0.2) is 0 Å². The zero-order valence-corrected chi connectivity index (χ0v) is 10.1. The van der Waals surface area contributed by atoms with Gasteiger partial charge in [0.1, 0.15) is 0 Å². The van der Waals surface area contributed by atoms with E-state index >= 15 is 0 Å². The molecule has 0 unspecified atom stereocenters. The van der Waals surface area contributed by atoms with E-state index in [-0.39, 0.29) is 0 Å². The Morgan fingerprint density at radius 3 is 2.89 bits per heavy atom. The van der Waals surface area contributed by atoms with Crippen molar-refractivity contribution in [2.24, 2.45) is 0 Å². The number of anilines is 2. The Hall–Kier alpha value is -1.85. The predicted octanol–water partition coefficient (Wildman–Crippen LogP) is 1.48. The van der Waals surface area contributed by atoms with Gasteiger partial charge in [-0.1, -0.05) is 6.07 Å². The van der Waals surface area contributed by atoms with Crippen LogP contribution in [0.15, 0.2) is 30.6 Å². The van der Waals surface area contributed by atoms with Crippen LogP contribution in [0.25, 0.3) is 10.8 Å². The number of benzene rings is 1. The van der Waals surface area contributed by atoms with Crippen LogP contribution in [0.3, 0.4) is 0 Å². The molecule has 0 spiro atoms. The summed E-state index contributed by atoms with van der Waals surface area (Å²) in [6.07, 6.45) is 3.58. The van der Waals surface area contributed by atoms with Crippen LogP contribution < -0.4 is 11.2 Å². The number of hydrazine groups is 1. The fraction of sp³-hybridized carbons (Fsp3) is 0.308. The Kier molecular flexibility index (Phi) is 3.00. The lowest BCUT2D eigenvalue weighted by molar-refractivity contribution is 0.0497. The molecule has 18 heavy (non-hydrogen) atoms. The number of pyridine rings is 1. The molecule has 1 saturated heterocycles. The molecule has 0 atom stereocenters. The molecule has 0 bridgehead atoms. The van der Waals surface area contributed by atoms with Gasteiger partial charge in [0.05, 0.1) is 24.6 Å². The van der Waals surface area contributed by atoms with Crippen molar-refractivity contribution in [2.45, 2.75) is 0 Å². The van der Waals surface area contributed by atoms with E-state index in [0.717, 1.165) is 48.5 Å². The van der Waals surface area contributed by atoms with Gasteiger partial charge in [0, 0.05) is 36.3 Å². The first kappa shape index (κ1) is 11.3. The quantitative estimate of drug-likeness (QED) is 0.783. The molecule has 1 fully saturated rings. The van der Waals surface area contributed by atoms with Gasteiger partial charge in [0.25, 0.3) is 0 Å². The van der Waals surface area contributed by atoms with E-state index in [2.05, 4.69) is 15.4 Å². The first-order valence-corrected chi connectivity index (χ1v) is 6.06. The molecular weight excluding hydrogens is 228 g/mol. The molecule has 94 valence electrons. The third kappa shape index (κ3) is 2.10. The molecule has 1 aromatic carbocycles. The Morgan fingerprint density at radius 2 is 2.06 bits per heavy atom. The minimum atomic E-state index is 0.754. The Bertz CT molecular complexity index is 552. The average molecular weight is 244 g/mol. The summed E-state index contributed by atoms with van der Waals surface area (Å²) in [5.74, 6) is 0. The number of nitrogen functional groups attached to an aromatic ring is 1. The van der Waals surface area contributed by atoms with Crippen LogP contribution in [0.4, 0.5) is 11.4 Å². The van der Waals surface area contributed by atoms with Crippen molar-refractivity contribution in [3.63, 3.8) is 0 Å². The highest BCUT2D eigenvalue weighted by Crippen LogP contribution is 2.28. The summed E-state index contributed by atoms with van der Waals surface area (Å²) in [7, 11) is 0. The van der Waals surface area contributed by atoms with Crippen LogP contribution in [-0.2, 0) is 4.74 Å². The number of rotatable bonds is 2. The van der Waals surface area contributed by atoms with E-state index in [0.29, 0.717) is 0 Å². The standard InChI is InChI=1S/C13H16N4O/c14-13-11-3-4-15-9-10(11)1-2-12(13)16-17-5-7-18-8-6-17/h1-4,9,16H,5-8,14H2. The van der Waals surface area contributed by atoms with Crippen LogP contribution in [0.1, 0.15) is 0 Å². The average Bonchev–Trinajstić information content (AvgIpc) is 2.43. The molecule has 3 N–H and O–H groups in total. The summed E-state index contributed by atoms with van der Waals surface area (Å²) in [4.78, 5) is 4.10. The van der Waals surface area contributed by atoms with Gasteiger partial charge in [-0.3, -0.25) is 4.98 Å². The second kappa shape index (κ2) is 4.80. The largest absolute Gasteiger partial charge is 0.397 e. The van der Waals surface area contributed by atoms with Crippen molar-refractivity contribution in [2.75, 3.05) is 37.5 Å². The maximum Gasteiger partial charge on any atom is 0.0726 e. The number of morpholine rings is 1. The van der Waals surface area contributed by atoms with E-state index in [9.17, 15) is 0 Å². The molecule has 0 saturated carbocycles. The summed E-state index contributed by atoms with van der Waals surface area (Å²) in [6.45, 7) is 3.25. The van der Waals surface area contributed by atoms with Gasteiger partial charge in [-0.15, -0.1) is 0 Å². The fourth-order valence-electron chi connectivity index (χ4n) is 2.14. The number of fused-ring (bicyclic) bond motifs is 1. The van der Waals surface area contributed by atoms with Gasteiger partial charge in [-0.25, -0.2) is 5.01 Å². The maximum absolute atomic E-state index is 6.19. The monoisotopic (exact) mass is 244 g/mol. The highest BCUT2D eigenvalue weighted by atomic mass is 16.5. The topological polar surface area (TPSA) is 63.4 Å². The second-order valence-electron chi connectivity index (χ2n) is 4.33. The molecule has 3 rings (SSSR count). The van der Waals surface area contributed by atoms with Crippen molar-refractivity contribution in [1.29, 1.82) is 0 Å². The number of hydrogen-bond acceptors (Lipinski definition) is 5. The summed E-state index contributed by atoms with van der Waals surface area (Å²) in [5.41, 5.74) is 11.2. The van der Waals surface area contributed by atoms with E-state index in [1.165, 1.54) is 0 Å². The first-order valence-electron chi connectivity index (χ1n) is 6.06. The van der Waals surface area contributed by atoms with Gasteiger partial charge >= 0.3 is 0 Å². The SMILES string of the molecule is Nc1c(NN2CCOCC2)ccc2cnccc12. The van der Waals surface area contributed by atoms with Crippen molar-refractivity contribution in [3.05, 3.63) is 30.6 Å². The van der Waals surface area contributed by atoms with E-state index < -0.39 is 0 Å². The maximum atomic E-state index is 6.19. The molecule has 5 nitrogen and oxygen atoms in total. The van der Waals surface area contributed by atoms with E-state index in [1.807, 2.05) is 24.4 Å². The highest BCUT2D eigenvalue weighted by Gasteiger charge is 2.12. The van der Waals surface area contributed by atoms with E-state index in [1.54, 1.807) is 6.20 Å². The van der Waals surface area contributed by atoms with Gasteiger partial charge in [-0.05, 0) is 12.1 Å². The third-order valence-corrected chi connectivity index (χ3v) is 3.15. The van der Waals surface area contributed by atoms with Crippen molar-refractivity contribution >= 4 is 22.1 Å². The van der Waals surface area contributed by atoms with Crippen LogP contribution in [0.5, 0.6) is 0 Å². The normalized spacial score (nSPS) is 16.9. The number of nitrogens with one attached hydrogen (secondary N) is 1. The van der Waals surface area contributed by atoms with Crippen molar-refractivity contribution in [1.82, 2.24) is 9.99 Å². The summed E-state index contributed by atoms with van der Waals surface area (Å²) >= 11 is 0. The molecule has 0 amide bonds. The van der Waals surface area contributed by atoms with E-state index in [4.69, 9.17) is 10.5 Å².